The third-order valence-corrected chi connectivity index (χ3v) is 5.71. The van der Waals surface area contributed by atoms with E-state index in [0.29, 0.717) is 23.1 Å². The van der Waals surface area contributed by atoms with Crippen LogP contribution >= 0.6 is 11.8 Å². The smallest absolute Gasteiger partial charge is 0.251 e. The van der Waals surface area contributed by atoms with Gasteiger partial charge in [-0.25, -0.2) is 4.39 Å². The predicted molar refractivity (Wildman–Crippen MR) is 119 cm³/mol. The number of halogens is 1. The summed E-state index contributed by atoms with van der Waals surface area (Å²) in [5.74, 6) is -0.0919. The third-order valence-electron chi connectivity index (χ3n) is 4.75. The maximum atomic E-state index is 13.0. The van der Waals surface area contributed by atoms with Crippen molar-refractivity contribution in [1.29, 1.82) is 0 Å². The normalized spacial score (nSPS) is 10.7. The lowest BCUT2D eigenvalue weighted by Crippen LogP contribution is -2.24. The Morgan fingerprint density at radius 3 is 2.48 bits per heavy atom. The highest BCUT2D eigenvalue weighted by Gasteiger charge is 2.15. The fourth-order valence-electron chi connectivity index (χ4n) is 2.88. The van der Waals surface area contributed by atoms with Crippen molar-refractivity contribution >= 4 is 29.3 Å². The Labute approximate surface area is 184 Å². The van der Waals surface area contributed by atoms with Crippen LogP contribution < -0.4 is 10.6 Å². The van der Waals surface area contributed by atoms with Crippen LogP contribution in [-0.4, -0.2) is 32.3 Å². The van der Waals surface area contributed by atoms with Crippen molar-refractivity contribution in [2.75, 3.05) is 11.1 Å². The summed E-state index contributed by atoms with van der Waals surface area (Å²) < 4.78 is 14.8. The highest BCUT2D eigenvalue weighted by Crippen LogP contribution is 2.19. The minimum Gasteiger partial charge on any atom is -0.345 e. The van der Waals surface area contributed by atoms with E-state index in [1.165, 1.54) is 41.6 Å². The van der Waals surface area contributed by atoms with Gasteiger partial charge in [-0.1, -0.05) is 17.8 Å². The Morgan fingerprint density at radius 2 is 1.81 bits per heavy atom. The van der Waals surface area contributed by atoms with E-state index >= 15 is 0 Å². The number of anilines is 1. The van der Waals surface area contributed by atoms with Gasteiger partial charge in [0, 0.05) is 17.8 Å². The van der Waals surface area contributed by atoms with Crippen molar-refractivity contribution in [3.8, 4) is 0 Å². The lowest BCUT2D eigenvalue weighted by Gasteiger charge is -2.09. The topological polar surface area (TPSA) is 88.9 Å². The Kier molecular flexibility index (Phi) is 7.41. The molecule has 0 radical (unpaired) electrons. The third kappa shape index (κ3) is 5.91. The van der Waals surface area contributed by atoms with Crippen LogP contribution in [0.2, 0.25) is 0 Å². The SMILES string of the molecule is CCn1c(CNC(=O)c2ccc(F)cc2)nnc1SCC(=O)Nc1ccc(C)c(C)c1. The molecule has 0 saturated heterocycles. The number of nitrogens with zero attached hydrogens (tertiary/aromatic N) is 3. The zero-order valence-corrected chi connectivity index (χ0v) is 18.4. The maximum Gasteiger partial charge on any atom is 0.251 e. The molecule has 2 amide bonds. The van der Waals surface area contributed by atoms with E-state index in [9.17, 15) is 14.0 Å². The number of amides is 2. The van der Waals surface area contributed by atoms with E-state index in [0.717, 1.165) is 11.3 Å². The molecule has 0 aliphatic heterocycles. The van der Waals surface area contributed by atoms with Gasteiger partial charge < -0.3 is 15.2 Å². The second kappa shape index (κ2) is 10.2. The van der Waals surface area contributed by atoms with Crippen molar-refractivity contribution < 1.29 is 14.0 Å². The van der Waals surface area contributed by atoms with Crippen LogP contribution in [0.25, 0.3) is 0 Å². The summed E-state index contributed by atoms with van der Waals surface area (Å²) in [5, 5.41) is 14.5. The number of carbonyl (C=O) groups is 2. The summed E-state index contributed by atoms with van der Waals surface area (Å²) in [6, 6.07) is 11.1. The van der Waals surface area contributed by atoms with Crippen molar-refractivity contribution in [2.45, 2.75) is 39.0 Å². The van der Waals surface area contributed by atoms with Crippen LogP contribution in [-0.2, 0) is 17.9 Å². The number of hydrogen-bond acceptors (Lipinski definition) is 5. The number of carbonyl (C=O) groups excluding carboxylic acids is 2. The van der Waals surface area contributed by atoms with Crippen LogP contribution in [0.4, 0.5) is 10.1 Å². The molecule has 9 heteroatoms. The summed E-state index contributed by atoms with van der Waals surface area (Å²) in [6.45, 7) is 6.73. The molecule has 0 aliphatic rings. The summed E-state index contributed by atoms with van der Waals surface area (Å²) in [5.41, 5.74) is 3.41. The molecular weight excluding hydrogens is 417 g/mol. The van der Waals surface area contributed by atoms with E-state index in [4.69, 9.17) is 0 Å². The molecule has 7 nitrogen and oxygen atoms in total. The number of benzene rings is 2. The van der Waals surface area contributed by atoms with Crippen molar-refractivity contribution in [1.82, 2.24) is 20.1 Å². The molecule has 0 saturated carbocycles. The van der Waals surface area contributed by atoms with Crippen molar-refractivity contribution in [3.05, 3.63) is 70.8 Å². The van der Waals surface area contributed by atoms with Gasteiger partial charge in [-0.15, -0.1) is 10.2 Å². The fraction of sp³-hybridized carbons (Fsp3) is 0.273. The number of rotatable bonds is 8. The van der Waals surface area contributed by atoms with Crippen LogP contribution in [0, 0.1) is 19.7 Å². The van der Waals surface area contributed by atoms with Gasteiger partial charge in [0.2, 0.25) is 5.91 Å². The van der Waals surface area contributed by atoms with Crippen molar-refractivity contribution in [2.24, 2.45) is 0 Å². The zero-order valence-electron chi connectivity index (χ0n) is 17.6. The lowest BCUT2D eigenvalue weighted by molar-refractivity contribution is -0.113. The number of aryl methyl sites for hydroxylation is 2. The highest BCUT2D eigenvalue weighted by molar-refractivity contribution is 7.99. The zero-order chi connectivity index (χ0) is 22.4. The average Bonchev–Trinajstić information content (AvgIpc) is 3.15. The molecule has 2 N–H and O–H groups in total. The number of thioether (sulfide) groups is 1. The van der Waals surface area contributed by atoms with E-state index in [1.54, 1.807) is 0 Å². The van der Waals surface area contributed by atoms with Crippen molar-refractivity contribution in [3.63, 3.8) is 0 Å². The number of hydrogen-bond donors (Lipinski definition) is 2. The largest absolute Gasteiger partial charge is 0.345 e. The number of nitrogens with one attached hydrogen (secondary N) is 2. The van der Waals surface area contributed by atoms with Crippen LogP contribution in [0.15, 0.2) is 47.6 Å². The van der Waals surface area contributed by atoms with Crippen LogP contribution in [0.1, 0.15) is 34.2 Å². The standard InChI is InChI=1S/C22H24FN5O2S/c1-4-28-19(12-24-21(30)16-6-8-17(23)9-7-16)26-27-22(28)31-13-20(29)25-18-10-5-14(2)15(3)11-18/h5-11H,4,12-13H2,1-3H3,(H,24,30)(H,25,29). The Morgan fingerprint density at radius 1 is 1.06 bits per heavy atom. The minimum absolute atomic E-state index is 0.134. The molecule has 2 aromatic carbocycles. The molecule has 0 aliphatic carbocycles. The van der Waals surface area contributed by atoms with Gasteiger partial charge in [-0.05, 0) is 68.3 Å². The van der Waals surface area contributed by atoms with Gasteiger partial charge in [0.25, 0.3) is 5.91 Å². The number of aromatic nitrogens is 3. The van der Waals surface area contributed by atoms with E-state index < -0.39 is 5.82 Å². The van der Waals surface area contributed by atoms with Gasteiger partial charge in [-0.3, -0.25) is 9.59 Å². The fourth-order valence-corrected chi connectivity index (χ4v) is 3.70. The van der Waals surface area contributed by atoms with E-state index in [2.05, 4.69) is 20.8 Å². The first-order valence-electron chi connectivity index (χ1n) is 9.83. The minimum atomic E-state index is -0.398. The Balaban J connectivity index is 1.56. The molecule has 1 heterocycles. The quantitative estimate of drug-likeness (QED) is 0.520. The molecule has 0 bridgehead atoms. The van der Waals surface area contributed by atoms with Crippen LogP contribution in [0.3, 0.4) is 0 Å². The first-order chi connectivity index (χ1) is 14.9. The molecule has 162 valence electrons. The van der Waals surface area contributed by atoms with Crippen LogP contribution in [0.5, 0.6) is 0 Å². The lowest BCUT2D eigenvalue weighted by atomic mass is 10.1. The molecule has 0 fully saturated rings. The molecule has 3 aromatic rings. The predicted octanol–water partition coefficient (Wildman–Crippen LogP) is 3.71. The second-order valence-corrected chi connectivity index (χ2v) is 7.91. The molecular formula is C22H24FN5O2S. The second-order valence-electron chi connectivity index (χ2n) is 6.97. The van der Waals surface area contributed by atoms with Gasteiger partial charge in [0.05, 0.1) is 12.3 Å². The first kappa shape index (κ1) is 22.5. The van der Waals surface area contributed by atoms with Gasteiger partial charge in [-0.2, -0.15) is 0 Å². The van der Waals surface area contributed by atoms with Gasteiger partial charge >= 0.3 is 0 Å². The molecule has 0 spiro atoms. The molecule has 0 atom stereocenters. The first-order valence-corrected chi connectivity index (χ1v) is 10.8. The summed E-state index contributed by atoms with van der Waals surface area (Å²) >= 11 is 1.28. The molecule has 1 aromatic heterocycles. The van der Waals surface area contributed by atoms with E-state index in [-0.39, 0.29) is 24.1 Å². The Hall–Kier alpha value is -3.20. The Bertz CT molecular complexity index is 1080. The summed E-state index contributed by atoms with van der Waals surface area (Å²) in [6.07, 6.45) is 0. The van der Waals surface area contributed by atoms with E-state index in [1.807, 2.05) is 43.5 Å². The monoisotopic (exact) mass is 441 g/mol. The molecule has 31 heavy (non-hydrogen) atoms. The summed E-state index contributed by atoms with van der Waals surface area (Å²) in [7, 11) is 0. The average molecular weight is 442 g/mol. The summed E-state index contributed by atoms with van der Waals surface area (Å²) in [4.78, 5) is 24.5. The molecule has 0 unspecified atom stereocenters. The van der Waals surface area contributed by atoms with Gasteiger partial charge in [0.1, 0.15) is 5.82 Å². The maximum absolute atomic E-state index is 13.0. The molecule has 3 rings (SSSR count). The highest BCUT2D eigenvalue weighted by atomic mass is 32.2. The van der Waals surface area contributed by atoms with Gasteiger partial charge in [0.15, 0.2) is 11.0 Å².